The van der Waals surface area contributed by atoms with Crippen molar-refractivity contribution in [3.05, 3.63) is 28.0 Å². The van der Waals surface area contributed by atoms with Crippen molar-refractivity contribution in [1.29, 1.82) is 0 Å². The molecule has 1 saturated carbocycles. The lowest BCUT2D eigenvalue weighted by molar-refractivity contribution is 0.0953. The van der Waals surface area contributed by atoms with Gasteiger partial charge in [-0.3, -0.25) is 4.79 Å². The number of aromatic nitrogens is 1. The number of nitrogens with zero attached hydrogens (tertiary/aromatic N) is 2. The van der Waals surface area contributed by atoms with Gasteiger partial charge in [0, 0.05) is 11.3 Å². The van der Waals surface area contributed by atoms with E-state index < -0.39 is 0 Å². The first-order valence-electron chi connectivity index (χ1n) is 6.94. The molecule has 1 amide bonds. The molecule has 1 heterocycles. The van der Waals surface area contributed by atoms with E-state index in [4.69, 9.17) is 23.2 Å². The van der Waals surface area contributed by atoms with Crippen LogP contribution >= 0.6 is 23.2 Å². The van der Waals surface area contributed by atoms with E-state index in [1.807, 2.05) is 0 Å². The van der Waals surface area contributed by atoms with E-state index in [0.29, 0.717) is 11.5 Å². The molecule has 2 rings (SSSR count). The van der Waals surface area contributed by atoms with Crippen molar-refractivity contribution in [3.63, 3.8) is 0 Å². The summed E-state index contributed by atoms with van der Waals surface area (Å²) in [5.74, 6) is 0.249. The molecular weight excluding hydrogens is 309 g/mol. The van der Waals surface area contributed by atoms with Crippen molar-refractivity contribution in [2.24, 2.45) is 16.4 Å². The van der Waals surface area contributed by atoms with Gasteiger partial charge >= 0.3 is 0 Å². The molecule has 4 nitrogen and oxygen atoms in total. The van der Waals surface area contributed by atoms with E-state index in [1.165, 1.54) is 18.6 Å². The molecule has 21 heavy (non-hydrogen) atoms. The Kier molecular flexibility index (Phi) is 4.89. The van der Waals surface area contributed by atoms with Crippen LogP contribution in [-0.4, -0.2) is 16.6 Å². The molecule has 1 aliphatic rings. The zero-order valence-corrected chi connectivity index (χ0v) is 13.9. The topological polar surface area (TPSA) is 54.4 Å². The van der Waals surface area contributed by atoms with E-state index in [2.05, 4.69) is 36.3 Å². The van der Waals surface area contributed by atoms with Gasteiger partial charge in [-0.15, -0.1) is 0 Å². The largest absolute Gasteiger partial charge is 0.271 e. The summed E-state index contributed by atoms with van der Waals surface area (Å²) >= 11 is 11.6. The van der Waals surface area contributed by atoms with Crippen LogP contribution in [0.4, 0.5) is 0 Å². The summed E-state index contributed by atoms with van der Waals surface area (Å²) in [6.07, 6.45) is 2.99. The molecule has 1 atom stereocenters. The Morgan fingerprint density at radius 1 is 1.38 bits per heavy atom. The van der Waals surface area contributed by atoms with Crippen LogP contribution in [0.15, 0.2) is 17.2 Å². The van der Waals surface area contributed by atoms with Crippen LogP contribution in [0.1, 0.15) is 50.4 Å². The second-order valence-corrected chi connectivity index (χ2v) is 7.25. The Balaban J connectivity index is 2.07. The first-order chi connectivity index (χ1) is 9.75. The zero-order valence-electron chi connectivity index (χ0n) is 12.4. The number of carbonyl (C=O) groups is 1. The quantitative estimate of drug-likeness (QED) is 0.649. The van der Waals surface area contributed by atoms with E-state index in [9.17, 15) is 4.79 Å². The number of pyridine rings is 1. The fraction of sp³-hybridized carbons (Fsp3) is 0.533. The Bertz CT molecular complexity index is 564. The molecule has 6 heteroatoms. The van der Waals surface area contributed by atoms with Crippen molar-refractivity contribution in [2.45, 2.75) is 40.0 Å². The van der Waals surface area contributed by atoms with Crippen LogP contribution in [0.2, 0.25) is 10.3 Å². The summed E-state index contributed by atoms with van der Waals surface area (Å²) in [6, 6.07) is 2.94. The summed E-state index contributed by atoms with van der Waals surface area (Å²) in [5.41, 5.74) is 4.19. The van der Waals surface area contributed by atoms with E-state index in [-0.39, 0.29) is 21.6 Å². The Morgan fingerprint density at radius 3 is 2.57 bits per heavy atom. The fourth-order valence-electron chi connectivity index (χ4n) is 2.99. The van der Waals surface area contributed by atoms with Gasteiger partial charge in [0.2, 0.25) is 0 Å². The van der Waals surface area contributed by atoms with Crippen LogP contribution in [-0.2, 0) is 0 Å². The minimum Gasteiger partial charge on any atom is -0.267 e. The zero-order chi connectivity index (χ0) is 15.6. The van der Waals surface area contributed by atoms with Crippen molar-refractivity contribution >= 4 is 34.8 Å². The number of rotatable bonds is 2. The highest BCUT2D eigenvalue weighted by Gasteiger charge is 2.29. The average Bonchev–Trinajstić information content (AvgIpc) is 2.32. The number of hydrazone groups is 1. The minimum absolute atomic E-state index is 0.188. The maximum absolute atomic E-state index is 12.1. The molecule has 1 N–H and O–H groups in total. The Hall–Kier alpha value is -1.13. The van der Waals surface area contributed by atoms with Gasteiger partial charge in [-0.25, -0.2) is 10.4 Å². The van der Waals surface area contributed by atoms with Crippen LogP contribution in [0.3, 0.4) is 0 Å². The highest BCUT2D eigenvalue weighted by atomic mass is 35.5. The molecule has 1 aromatic rings. The molecular formula is C15H19Cl2N3O. The lowest BCUT2D eigenvalue weighted by atomic mass is 9.72. The first-order valence-corrected chi connectivity index (χ1v) is 7.70. The normalized spacial score (nSPS) is 23.1. The third-order valence-electron chi connectivity index (χ3n) is 3.51. The molecule has 1 unspecified atom stereocenters. The Labute approximate surface area is 134 Å². The molecule has 1 aliphatic carbocycles. The van der Waals surface area contributed by atoms with Crippen LogP contribution in [0.5, 0.6) is 0 Å². The van der Waals surface area contributed by atoms with Crippen molar-refractivity contribution in [1.82, 2.24) is 10.4 Å². The monoisotopic (exact) mass is 327 g/mol. The van der Waals surface area contributed by atoms with Crippen LogP contribution in [0, 0.1) is 11.3 Å². The SMILES string of the molecule is CC1C/C(=N\NC(=O)c2cc(Cl)nc(Cl)c2)CC(C)(C)C1. The molecule has 0 bridgehead atoms. The van der Waals surface area contributed by atoms with Gasteiger partial charge in [0.15, 0.2) is 0 Å². The molecule has 0 saturated heterocycles. The highest BCUT2D eigenvalue weighted by molar-refractivity contribution is 6.33. The van der Waals surface area contributed by atoms with Gasteiger partial charge in [-0.05, 0) is 42.7 Å². The van der Waals surface area contributed by atoms with Crippen LogP contribution in [0.25, 0.3) is 0 Å². The maximum Gasteiger partial charge on any atom is 0.271 e. The number of nitrogens with one attached hydrogen (secondary N) is 1. The van der Waals surface area contributed by atoms with Crippen molar-refractivity contribution in [3.8, 4) is 0 Å². The molecule has 114 valence electrons. The van der Waals surface area contributed by atoms with Gasteiger partial charge in [0.25, 0.3) is 5.91 Å². The summed E-state index contributed by atoms with van der Waals surface area (Å²) in [5, 5.41) is 4.65. The second-order valence-electron chi connectivity index (χ2n) is 6.47. The maximum atomic E-state index is 12.1. The van der Waals surface area contributed by atoms with E-state index in [1.54, 1.807) is 0 Å². The number of hydrogen-bond acceptors (Lipinski definition) is 3. The fourth-order valence-corrected chi connectivity index (χ4v) is 3.45. The summed E-state index contributed by atoms with van der Waals surface area (Å²) in [6.45, 7) is 6.66. The van der Waals surface area contributed by atoms with Crippen molar-refractivity contribution in [2.75, 3.05) is 0 Å². The minimum atomic E-state index is -0.329. The lowest BCUT2D eigenvalue weighted by Gasteiger charge is -2.34. The van der Waals surface area contributed by atoms with Crippen molar-refractivity contribution < 1.29 is 4.79 Å². The van der Waals surface area contributed by atoms with Gasteiger partial charge in [-0.1, -0.05) is 44.0 Å². The summed E-state index contributed by atoms with van der Waals surface area (Å²) < 4.78 is 0. The van der Waals surface area contributed by atoms with E-state index >= 15 is 0 Å². The number of halogens is 2. The summed E-state index contributed by atoms with van der Waals surface area (Å²) in [7, 11) is 0. The standard InChI is InChI=1S/C15H19Cl2N3O/c1-9-4-11(8-15(2,3)7-9)19-20-14(21)10-5-12(16)18-13(17)6-10/h5-6,9H,4,7-8H2,1-3H3,(H,20,21)/b19-11+. The highest BCUT2D eigenvalue weighted by Crippen LogP contribution is 2.36. The average molecular weight is 328 g/mol. The second kappa shape index (κ2) is 6.32. The molecule has 0 spiro atoms. The van der Waals surface area contributed by atoms with Gasteiger partial charge in [0.1, 0.15) is 10.3 Å². The third-order valence-corrected chi connectivity index (χ3v) is 3.90. The third kappa shape index (κ3) is 4.68. The molecule has 1 fully saturated rings. The molecule has 1 aromatic heterocycles. The Morgan fingerprint density at radius 2 is 2.00 bits per heavy atom. The van der Waals surface area contributed by atoms with Gasteiger partial charge < -0.3 is 0 Å². The molecule has 0 aliphatic heterocycles. The summed E-state index contributed by atoms with van der Waals surface area (Å²) in [4.78, 5) is 15.9. The lowest BCUT2D eigenvalue weighted by Crippen LogP contribution is -2.30. The number of hydrogen-bond donors (Lipinski definition) is 1. The van der Waals surface area contributed by atoms with Crippen LogP contribution < -0.4 is 5.43 Å². The first kappa shape index (κ1) is 16.2. The number of carbonyl (C=O) groups excluding carboxylic acids is 1. The smallest absolute Gasteiger partial charge is 0.267 e. The molecule has 0 aromatic carbocycles. The molecule has 0 radical (unpaired) electrons. The number of amides is 1. The van der Waals surface area contributed by atoms with Gasteiger partial charge in [-0.2, -0.15) is 5.10 Å². The van der Waals surface area contributed by atoms with E-state index in [0.717, 1.165) is 18.6 Å². The predicted molar refractivity (Wildman–Crippen MR) is 86.0 cm³/mol. The predicted octanol–water partition coefficient (Wildman–Crippen LogP) is 4.32. The van der Waals surface area contributed by atoms with Gasteiger partial charge in [0.05, 0.1) is 0 Å².